The molecule has 2 heterocycles. The van der Waals surface area contributed by atoms with Crippen LogP contribution < -0.4 is 9.80 Å². The van der Waals surface area contributed by atoms with Gasteiger partial charge in [-0.15, -0.1) is 0 Å². The summed E-state index contributed by atoms with van der Waals surface area (Å²) in [7, 11) is 2.49. The highest BCUT2D eigenvalue weighted by Gasteiger charge is 2.29. The largest absolute Gasteiger partial charge is 0.465 e. The van der Waals surface area contributed by atoms with E-state index in [1.807, 2.05) is 26.8 Å². The second-order valence-electron chi connectivity index (χ2n) is 8.91. The average molecular weight is 504 g/mol. The molecule has 0 bridgehead atoms. The highest BCUT2D eigenvalue weighted by molar-refractivity contribution is 6.33. The van der Waals surface area contributed by atoms with Crippen LogP contribution in [0.15, 0.2) is 53.9 Å². The molecule has 1 saturated heterocycles. The zero-order chi connectivity index (χ0) is 25.8. The topological polar surface area (TPSA) is 88.6 Å². The molecule has 1 fully saturated rings. The number of piperazine rings is 1. The molecule has 0 aliphatic carbocycles. The number of allylic oxidation sites excluding steroid dienone is 2. The predicted octanol–water partition coefficient (Wildman–Crippen LogP) is 3.89. The molecule has 0 unspecified atom stereocenters. The summed E-state index contributed by atoms with van der Waals surface area (Å²) >= 11 is 6.66. The fraction of sp³-hybridized carbons (Fsp3) is 0.400. The molecule has 10 heteroatoms. The number of halogens is 1. The Hall–Kier alpha value is -3.46. The van der Waals surface area contributed by atoms with Crippen LogP contribution in [0.4, 0.5) is 16.2 Å². The van der Waals surface area contributed by atoms with Gasteiger partial charge >= 0.3 is 18.0 Å². The first kappa shape index (κ1) is 26.2. The lowest BCUT2D eigenvalue weighted by Gasteiger charge is -2.37. The Labute approximate surface area is 210 Å². The number of carbonyl (C=O) groups excluding carboxylic acids is 3. The fourth-order valence-corrected chi connectivity index (χ4v) is 4.02. The summed E-state index contributed by atoms with van der Waals surface area (Å²) in [6.45, 7) is 7.71. The van der Waals surface area contributed by atoms with Crippen LogP contribution >= 0.6 is 11.6 Å². The van der Waals surface area contributed by atoms with Crippen molar-refractivity contribution in [1.82, 2.24) is 4.90 Å². The van der Waals surface area contributed by atoms with Gasteiger partial charge in [-0.25, -0.2) is 14.4 Å². The highest BCUT2D eigenvalue weighted by atomic mass is 35.5. The molecule has 2 aliphatic heterocycles. The number of amides is 1. The quantitative estimate of drug-likeness (QED) is 0.451. The SMILES string of the molecule is COC(=O)C1=C(C(=O)OC)N(c2ccc(N3CCN(C(=O)OC(C)(C)C)CC3)c(Cl)c2)C=CC=C1. The number of anilines is 2. The minimum absolute atomic E-state index is 0.0131. The number of nitrogens with zero attached hydrogens (tertiary/aromatic N) is 3. The van der Waals surface area contributed by atoms with Crippen molar-refractivity contribution >= 4 is 41.0 Å². The molecule has 0 aromatic heterocycles. The van der Waals surface area contributed by atoms with E-state index in [-0.39, 0.29) is 17.4 Å². The highest BCUT2D eigenvalue weighted by Crippen LogP contribution is 2.34. The normalized spacial score (nSPS) is 16.2. The van der Waals surface area contributed by atoms with Crippen molar-refractivity contribution in [2.45, 2.75) is 26.4 Å². The van der Waals surface area contributed by atoms with Crippen molar-refractivity contribution in [3.63, 3.8) is 0 Å². The van der Waals surface area contributed by atoms with Crippen LogP contribution in [0, 0.1) is 0 Å². The lowest BCUT2D eigenvalue weighted by molar-refractivity contribution is -0.139. The Morgan fingerprint density at radius 2 is 1.60 bits per heavy atom. The van der Waals surface area contributed by atoms with Gasteiger partial charge in [0.15, 0.2) is 0 Å². The van der Waals surface area contributed by atoms with Crippen molar-refractivity contribution in [3.8, 4) is 0 Å². The van der Waals surface area contributed by atoms with E-state index in [9.17, 15) is 14.4 Å². The number of benzene rings is 1. The van der Waals surface area contributed by atoms with Crippen LogP contribution in [0.3, 0.4) is 0 Å². The summed E-state index contributed by atoms with van der Waals surface area (Å²) in [5.41, 5.74) is 0.887. The van der Waals surface area contributed by atoms with Crippen LogP contribution in [-0.2, 0) is 23.8 Å². The maximum absolute atomic E-state index is 12.6. The third-order valence-electron chi connectivity index (χ3n) is 5.37. The smallest absolute Gasteiger partial charge is 0.410 e. The molecule has 0 spiro atoms. The molecule has 188 valence electrons. The Bertz CT molecular complexity index is 1080. The van der Waals surface area contributed by atoms with Gasteiger partial charge in [-0.2, -0.15) is 0 Å². The summed E-state index contributed by atoms with van der Waals surface area (Å²) in [4.78, 5) is 42.6. The van der Waals surface area contributed by atoms with E-state index in [4.69, 9.17) is 25.8 Å². The van der Waals surface area contributed by atoms with E-state index in [2.05, 4.69) is 4.90 Å². The molecule has 35 heavy (non-hydrogen) atoms. The molecule has 1 aromatic carbocycles. The van der Waals surface area contributed by atoms with Crippen LogP contribution in [-0.4, -0.2) is 68.9 Å². The van der Waals surface area contributed by atoms with Gasteiger partial charge in [0.05, 0.1) is 30.5 Å². The van der Waals surface area contributed by atoms with E-state index in [0.717, 1.165) is 5.69 Å². The maximum atomic E-state index is 12.6. The summed E-state index contributed by atoms with van der Waals surface area (Å²) in [6, 6.07) is 5.36. The molecule has 0 atom stereocenters. The number of carbonyl (C=O) groups is 3. The molecule has 0 saturated carbocycles. The van der Waals surface area contributed by atoms with Gasteiger partial charge in [-0.05, 0) is 51.1 Å². The first-order chi connectivity index (χ1) is 16.6. The van der Waals surface area contributed by atoms with E-state index in [1.54, 1.807) is 35.4 Å². The molecule has 2 aliphatic rings. The van der Waals surface area contributed by atoms with Gasteiger partial charge in [0.1, 0.15) is 11.3 Å². The van der Waals surface area contributed by atoms with Crippen LogP contribution in [0.2, 0.25) is 5.02 Å². The Kier molecular flexibility index (Phi) is 8.11. The van der Waals surface area contributed by atoms with E-state index >= 15 is 0 Å². The van der Waals surface area contributed by atoms with E-state index in [1.165, 1.54) is 25.2 Å². The second-order valence-corrected chi connectivity index (χ2v) is 9.31. The number of hydrogen-bond acceptors (Lipinski definition) is 8. The van der Waals surface area contributed by atoms with Gasteiger partial charge in [-0.3, -0.25) is 0 Å². The number of rotatable bonds is 4. The van der Waals surface area contributed by atoms with Gasteiger partial charge < -0.3 is 28.9 Å². The molecule has 3 rings (SSSR count). The van der Waals surface area contributed by atoms with Crippen LogP contribution in [0.1, 0.15) is 20.8 Å². The standard InChI is InChI=1S/C25H30ClN3O6/c1-25(2,3)35-24(32)28-14-12-27(13-15-28)20-10-9-17(16-19(20)26)29-11-7-6-8-18(22(30)33-4)21(29)23(31)34-5/h6-11,16H,12-15H2,1-5H3. The third kappa shape index (κ3) is 6.16. The van der Waals surface area contributed by atoms with Crippen molar-refractivity contribution < 1.29 is 28.6 Å². The Morgan fingerprint density at radius 1 is 0.943 bits per heavy atom. The second kappa shape index (κ2) is 10.9. The Morgan fingerprint density at radius 3 is 2.17 bits per heavy atom. The first-order valence-corrected chi connectivity index (χ1v) is 11.5. The zero-order valence-electron chi connectivity index (χ0n) is 20.5. The number of ether oxygens (including phenoxy) is 3. The lowest BCUT2D eigenvalue weighted by Crippen LogP contribution is -2.50. The summed E-state index contributed by atoms with van der Waals surface area (Å²) < 4.78 is 15.2. The molecular formula is C25H30ClN3O6. The van der Waals surface area contributed by atoms with Crippen molar-refractivity contribution in [3.05, 3.63) is 58.9 Å². The monoisotopic (exact) mass is 503 g/mol. The number of methoxy groups -OCH3 is 2. The first-order valence-electron chi connectivity index (χ1n) is 11.1. The molecule has 1 aromatic rings. The van der Waals surface area contributed by atoms with Crippen LogP contribution in [0.25, 0.3) is 0 Å². The average Bonchev–Trinajstić information content (AvgIpc) is 3.05. The van der Waals surface area contributed by atoms with Crippen molar-refractivity contribution in [2.75, 3.05) is 50.2 Å². The maximum Gasteiger partial charge on any atom is 0.410 e. The molecule has 0 radical (unpaired) electrons. The van der Waals surface area contributed by atoms with Gasteiger partial charge in [0, 0.05) is 38.1 Å². The minimum Gasteiger partial charge on any atom is -0.465 e. The number of esters is 2. The summed E-state index contributed by atoms with van der Waals surface area (Å²) in [6.07, 6.45) is 6.13. The molecular weight excluding hydrogens is 474 g/mol. The third-order valence-corrected chi connectivity index (χ3v) is 5.67. The van der Waals surface area contributed by atoms with Crippen molar-refractivity contribution in [2.24, 2.45) is 0 Å². The summed E-state index contributed by atoms with van der Waals surface area (Å²) in [5.74, 6) is -1.36. The lowest BCUT2D eigenvalue weighted by atomic mass is 10.1. The minimum atomic E-state index is -0.694. The summed E-state index contributed by atoms with van der Waals surface area (Å²) in [5, 5.41) is 0.461. The van der Waals surface area contributed by atoms with E-state index in [0.29, 0.717) is 36.9 Å². The number of hydrogen-bond donors (Lipinski definition) is 0. The predicted molar refractivity (Wildman–Crippen MR) is 133 cm³/mol. The Balaban J connectivity index is 1.83. The fourth-order valence-electron chi connectivity index (χ4n) is 3.72. The zero-order valence-corrected chi connectivity index (χ0v) is 21.3. The van der Waals surface area contributed by atoms with Gasteiger partial charge in [0.2, 0.25) is 0 Å². The molecule has 1 amide bonds. The van der Waals surface area contributed by atoms with Crippen LogP contribution in [0.5, 0.6) is 0 Å². The van der Waals surface area contributed by atoms with E-state index < -0.39 is 17.5 Å². The molecule has 0 N–H and O–H groups in total. The molecule has 9 nitrogen and oxygen atoms in total. The van der Waals surface area contributed by atoms with Gasteiger partial charge in [-0.1, -0.05) is 17.7 Å². The van der Waals surface area contributed by atoms with Gasteiger partial charge in [0.25, 0.3) is 0 Å². The van der Waals surface area contributed by atoms with Crippen molar-refractivity contribution in [1.29, 1.82) is 0 Å².